The second-order valence-corrected chi connectivity index (χ2v) is 5.21. The Kier molecular flexibility index (Phi) is 4.14. The highest BCUT2D eigenvalue weighted by molar-refractivity contribution is 9.10. The van der Waals surface area contributed by atoms with E-state index in [-0.39, 0.29) is 24.2 Å². The molecule has 0 atom stereocenters. The molecule has 1 aliphatic heterocycles. The molecule has 0 aromatic heterocycles. The van der Waals surface area contributed by atoms with Gasteiger partial charge in [0.25, 0.3) is 0 Å². The summed E-state index contributed by atoms with van der Waals surface area (Å²) in [5.74, 6) is -0.330. The van der Waals surface area contributed by atoms with Crippen molar-refractivity contribution in [2.75, 3.05) is 19.7 Å². The van der Waals surface area contributed by atoms with Crippen LogP contribution < -0.4 is 0 Å². The van der Waals surface area contributed by atoms with Crippen LogP contribution in [-0.2, 0) is 4.79 Å². The number of aliphatic hydroxyl groups is 1. The molecule has 0 saturated carbocycles. The molecule has 5 heteroatoms. The summed E-state index contributed by atoms with van der Waals surface area (Å²) in [4.78, 5) is 13.3. The van der Waals surface area contributed by atoms with Crippen molar-refractivity contribution in [2.24, 2.45) is 5.92 Å². The van der Waals surface area contributed by atoms with E-state index in [1.165, 1.54) is 18.2 Å². The maximum absolute atomic E-state index is 13.4. The molecular formula is C13H13BrFNO2. The van der Waals surface area contributed by atoms with Gasteiger partial charge in [0.1, 0.15) is 5.82 Å². The molecule has 1 aliphatic rings. The topological polar surface area (TPSA) is 40.5 Å². The lowest BCUT2D eigenvalue weighted by molar-refractivity contribution is -0.132. The van der Waals surface area contributed by atoms with E-state index in [4.69, 9.17) is 5.11 Å². The van der Waals surface area contributed by atoms with Crippen molar-refractivity contribution in [1.29, 1.82) is 0 Å². The molecule has 1 saturated heterocycles. The molecule has 0 unspecified atom stereocenters. The normalized spacial score (nSPS) is 16.1. The van der Waals surface area contributed by atoms with E-state index < -0.39 is 0 Å². The van der Waals surface area contributed by atoms with Crippen molar-refractivity contribution in [1.82, 2.24) is 4.90 Å². The number of hydrogen-bond acceptors (Lipinski definition) is 2. The van der Waals surface area contributed by atoms with Crippen LogP contribution in [0.15, 0.2) is 28.7 Å². The average molecular weight is 314 g/mol. The van der Waals surface area contributed by atoms with Crippen molar-refractivity contribution in [3.8, 4) is 0 Å². The van der Waals surface area contributed by atoms with Gasteiger partial charge in [0.05, 0.1) is 0 Å². The SMILES string of the molecule is O=C(C=Cc1cc(Br)ccc1F)N1CC(CO)C1. The van der Waals surface area contributed by atoms with Crippen molar-refractivity contribution >= 4 is 27.9 Å². The first-order valence-electron chi connectivity index (χ1n) is 5.63. The first-order valence-corrected chi connectivity index (χ1v) is 6.42. The zero-order chi connectivity index (χ0) is 13.1. The predicted molar refractivity (Wildman–Crippen MR) is 70.3 cm³/mol. The second-order valence-electron chi connectivity index (χ2n) is 4.29. The number of nitrogens with zero attached hydrogens (tertiary/aromatic N) is 1. The number of rotatable bonds is 3. The summed E-state index contributed by atoms with van der Waals surface area (Å²) in [5, 5.41) is 8.85. The fourth-order valence-electron chi connectivity index (χ4n) is 1.77. The van der Waals surface area contributed by atoms with Gasteiger partial charge in [0, 0.05) is 41.7 Å². The Morgan fingerprint density at radius 1 is 1.56 bits per heavy atom. The third-order valence-corrected chi connectivity index (χ3v) is 3.38. The first kappa shape index (κ1) is 13.2. The maximum Gasteiger partial charge on any atom is 0.246 e. The highest BCUT2D eigenvalue weighted by atomic mass is 79.9. The van der Waals surface area contributed by atoms with E-state index in [0.717, 1.165) is 4.47 Å². The fraction of sp³-hybridized carbons (Fsp3) is 0.308. The van der Waals surface area contributed by atoms with Crippen molar-refractivity contribution < 1.29 is 14.3 Å². The highest BCUT2D eigenvalue weighted by Gasteiger charge is 2.28. The molecule has 0 spiro atoms. The number of likely N-dealkylation sites (tertiary alicyclic amines) is 1. The zero-order valence-corrected chi connectivity index (χ0v) is 11.2. The van der Waals surface area contributed by atoms with E-state index in [1.54, 1.807) is 17.0 Å². The fourth-order valence-corrected chi connectivity index (χ4v) is 2.15. The Labute approximate surface area is 113 Å². The van der Waals surface area contributed by atoms with E-state index in [9.17, 15) is 9.18 Å². The summed E-state index contributed by atoms with van der Waals surface area (Å²) < 4.78 is 14.2. The average Bonchev–Trinajstić information content (AvgIpc) is 2.29. The predicted octanol–water partition coefficient (Wildman–Crippen LogP) is 2.05. The summed E-state index contributed by atoms with van der Waals surface area (Å²) in [6.07, 6.45) is 2.83. The molecule has 1 aromatic carbocycles. The number of carbonyl (C=O) groups is 1. The minimum Gasteiger partial charge on any atom is -0.396 e. The summed E-state index contributed by atoms with van der Waals surface area (Å²) in [6, 6.07) is 4.57. The lowest BCUT2D eigenvalue weighted by Crippen LogP contribution is -2.50. The molecule has 2 rings (SSSR count). The summed E-state index contributed by atoms with van der Waals surface area (Å²) in [6.45, 7) is 1.25. The van der Waals surface area contributed by atoms with Gasteiger partial charge in [-0.2, -0.15) is 0 Å². The van der Waals surface area contributed by atoms with Crippen LogP contribution in [0.5, 0.6) is 0 Å². The lowest BCUT2D eigenvalue weighted by Gasteiger charge is -2.37. The van der Waals surface area contributed by atoms with Crippen molar-refractivity contribution in [2.45, 2.75) is 0 Å². The van der Waals surface area contributed by atoms with E-state index in [2.05, 4.69) is 15.9 Å². The van der Waals surface area contributed by atoms with Crippen LogP contribution in [0.3, 0.4) is 0 Å². The Bertz CT molecular complexity index is 484. The molecular weight excluding hydrogens is 301 g/mol. The van der Waals surface area contributed by atoms with E-state index in [1.807, 2.05) is 0 Å². The Morgan fingerprint density at radius 2 is 2.28 bits per heavy atom. The number of aliphatic hydroxyl groups excluding tert-OH is 1. The van der Waals surface area contributed by atoms with Gasteiger partial charge < -0.3 is 10.0 Å². The third kappa shape index (κ3) is 2.97. The zero-order valence-electron chi connectivity index (χ0n) is 9.64. The molecule has 18 heavy (non-hydrogen) atoms. The van der Waals surface area contributed by atoms with Crippen LogP contribution >= 0.6 is 15.9 Å². The van der Waals surface area contributed by atoms with Crippen LogP contribution in [0.1, 0.15) is 5.56 Å². The smallest absolute Gasteiger partial charge is 0.246 e. The first-order chi connectivity index (χ1) is 8.60. The maximum atomic E-state index is 13.4. The van der Waals surface area contributed by atoms with Gasteiger partial charge in [-0.15, -0.1) is 0 Å². The standard InChI is InChI=1S/C13H13BrFNO2/c14-11-2-3-12(15)10(5-11)1-4-13(18)16-6-9(7-16)8-17/h1-5,9,17H,6-8H2. The number of carbonyl (C=O) groups excluding carboxylic acids is 1. The Balaban J connectivity index is 1.98. The Hall–Kier alpha value is -1.20. The van der Waals surface area contributed by atoms with Crippen LogP contribution in [-0.4, -0.2) is 35.6 Å². The largest absolute Gasteiger partial charge is 0.396 e. The molecule has 0 aliphatic carbocycles. The van der Waals surface area contributed by atoms with E-state index >= 15 is 0 Å². The Morgan fingerprint density at radius 3 is 2.94 bits per heavy atom. The summed E-state index contributed by atoms with van der Waals surface area (Å²) >= 11 is 3.25. The quantitative estimate of drug-likeness (QED) is 0.868. The van der Waals surface area contributed by atoms with Crippen molar-refractivity contribution in [3.05, 3.63) is 40.1 Å². The molecule has 1 heterocycles. The molecule has 0 radical (unpaired) electrons. The molecule has 1 amide bonds. The number of hydrogen-bond donors (Lipinski definition) is 1. The monoisotopic (exact) mass is 313 g/mol. The molecule has 1 fully saturated rings. The minimum atomic E-state index is -0.362. The second kappa shape index (κ2) is 5.63. The summed E-state index contributed by atoms with van der Waals surface area (Å²) in [5.41, 5.74) is 0.372. The van der Waals surface area contributed by atoms with Crippen LogP contribution in [0.25, 0.3) is 6.08 Å². The molecule has 1 N–H and O–H groups in total. The van der Waals surface area contributed by atoms with Crippen LogP contribution in [0.4, 0.5) is 4.39 Å². The van der Waals surface area contributed by atoms with Crippen LogP contribution in [0.2, 0.25) is 0 Å². The number of amides is 1. The van der Waals surface area contributed by atoms with Crippen LogP contribution in [0, 0.1) is 11.7 Å². The van der Waals surface area contributed by atoms with Gasteiger partial charge in [0.2, 0.25) is 5.91 Å². The number of benzene rings is 1. The third-order valence-electron chi connectivity index (χ3n) is 2.89. The van der Waals surface area contributed by atoms with Gasteiger partial charge in [-0.1, -0.05) is 15.9 Å². The minimum absolute atomic E-state index is 0.105. The van der Waals surface area contributed by atoms with Gasteiger partial charge in [0.15, 0.2) is 0 Å². The van der Waals surface area contributed by atoms with Gasteiger partial charge in [-0.05, 0) is 24.3 Å². The molecule has 96 valence electrons. The number of halogens is 2. The highest BCUT2D eigenvalue weighted by Crippen LogP contribution is 2.18. The lowest BCUT2D eigenvalue weighted by atomic mass is 10.0. The summed E-state index contributed by atoms with van der Waals surface area (Å²) in [7, 11) is 0. The van der Waals surface area contributed by atoms with Gasteiger partial charge >= 0.3 is 0 Å². The van der Waals surface area contributed by atoms with E-state index in [0.29, 0.717) is 18.7 Å². The molecule has 0 bridgehead atoms. The molecule has 3 nitrogen and oxygen atoms in total. The van der Waals surface area contributed by atoms with Gasteiger partial charge in [-0.25, -0.2) is 4.39 Å². The van der Waals surface area contributed by atoms with Gasteiger partial charge in [-0.3, -0.25) is 4.79 Å². The molecule has 1 aromatic rings. The van der Waals surface area contributed by atoms with Crippen molar-refractivity contribution in [3.63, 3.8) is 0 Å².